The Labute approximate surface area is 106 Å². The van der Waals surface area contributed by atoms with Crippen molar-refractivity contribution >= 4 is 11.7 Å². The lowest BCUT2D eigenvalue weighted by Crippen LogP contribution is -2.46. The van der Waals surface area contributed by atoms with Gasteiger partial charge in [-0.2, -0.15) is 0 Å². The second-order valence-electron chi connectivity index (χ2n) is 4.92. The van der Waals surface area contributed by atoms with Crippen molar-refractivity contribution in [1.29, 1.82) is 0 Å². The fraction of sp³-hybridized carbons (Fsp3) is 0.538. The molecule has 1 amide bonds. The van der Waals surface area contributed by atoms with Gasteiger partial charge >= 0.3 is 0 Å². The number of pyridine rings is 1. The van der Waals surface area contributed by atoms with Crippen LogP contribution in [0.15, 0.2) is 12.3 Å². The van der Waals surface area contributed by atoms with E-state index in [1.165, 1.54) is 12.3 Å². The van der Waals surface area contributed by atoms with Gasteiger partial charge in [0.05, 0.1) is 5.56 Å². The van der Waals surface area contributed by atoms with Gasteiger partial charge in [0.15, 0.2) is 11.6 Å². The molecule has 4 nitrogen and oxygen atoms in total. The van der Waals surface area contributed by atoms with Gasteiger partial charge < -0.3 is 10.6 Å². The zero-order valence-corrected chi connectivity index (χ0v) is 10.7. The summed E-state index contributed by atoms with van der Waals surface area (Å²) < 4.78 is 13.8. The second kappa shape index (κ2) is 4.92. The smallest absolute Gasteiger partial charge is 0.257 e. The molecule has 0 spiro atoms. The van der Waals surface area contributed by atoms with Gasteiger partial charge in [-0.1, -0.05) is 6.92 Å². The molecule has 2 unspecified atom stereocenters. The molecule has 0 bridgehead atoms. The van der Waals surface area contributed by atoms with Crippen LogP contribution in [0.5, 0.6) is 0 Å². The van der Waals surface area contributed by atoms with Crippen LogP contribution in [0.25, 0.3) is 0 Å². The fourth-order valence-electron chi connectivity index (χ4n) is 2.40. The number of anilines is 1. The fourth-order valence-corrected chi connectivity index (χ4v) is 2.40. The molecule has 1 fully saturated rings. The number of rotatable bonds is 1. The van der Waals surface area contributed by atoms with Crippen LogP contribution < -0.4 is 5.73 Å². The van der Waals surface area contributed by atoms with Crippen molar-refractivity contribution < 1.29 is 9.18 Å². The summed E-state index contributed by atoms with van der Waals surface area (Å²) in [5, 5.41) is 0. The van der Waals surface area contributed by atoms with E-state index >= 15 is 0 Å². The normalized spacial score (nSPS) is 24.1. The van der Waals surface area contributed by atoms with E-state index in [9.17, 15) is 9.18 Å². The monoisotopic (exact) mass is 251 g/mol. The maximum Gasteiger partial charge on any atom is 0.257 e. The highest BCUT2D eigenvalue weighted by Crippen LogP contribution is 2.25. The lowest BCUT2D eigenvalue weighted by molar-refractivity contribution is 0.0546. The summed E-state index contributed by atoms with van der Waals surface area (Å²) >= 11 is 0. The highest BCUT2D eigenvalue weighted by molar-refractivity contribution is 5.95. The Hall–Kier alpha value is -1.65. The van der Waals surface area contributed by atoms with Crippen LogP contribution in [-0.4, -0.2) is 28.4 Å². The summed E-state index contributed by atoms with van der Waals surface area (Å²) in [6.45, 7) is 4.79. The lowest BCUT2D eigenvalue weighted by Gasteiger charge is -2.38. The number of halogens is 1. The van der Waals surface area contributed by atoms with Crippen molar-refractivity contribution in [3.63, 3.8) is 0 Å². The first kappa shape index (κ1) is 12.8. The Bertz CT molecular complexity index is 464. The van der Waals surface area contributed by atoms with Crippen molar-refractivity contribution in [2.75, 3.05) is 12.3 Å². The largest absolute Gasteiger partial charge is 0.381 e. The van der Waals surface area contributed by atoms with Gasteiger partial charge in [-0.25, -0.2) is 9.37 Å². The average Bonchev–Trinajstić information content (AvgIpc) is 2.35. The van der Waals surface area contributed by atoms with Crippen molar-refractivity contribution in [2.45, 2.75) is 32.7 Å². The van der Waals surface area contributed by atoms with E-state index in [2.05, 4.69) is 11.9 Å². The summed E-state index contributed by atoms with van der Waals surface area (Å²) in [7, 11) is 0. The topological polar surface area (TPSA) is 59.2 Å². The molecule has 5 heteroatoms. The van der Waals surface area contributed by atoms with Crippen LogP contribution in [0, 0.1) is 11.7 Å². The molecule has 2 atom stereocenters. The van der Waals surface area contributed by atoms with Gasteiger partial charge in [0, 0.05) is 18.8 Å². The summed E-state index contributed by atoms with van der Waals surface area (Å²) in [5.74, 6) is -0.794. The van der Waals surface area contributed by atoms with Crippen LogP contribution in [-0.2, 0) is 0 Å². The van der Waals surface area contributed by atoms with E-state index < -0.39 is 5.82 Å². The zero-order chi connectivity index (χ0) is 13.3. The minimum absolute atomic E-state index is 0.0171. The Morgan fingerprint density at radius 3 is 3.00 bits per heavy atom. The molecule has 0 radical (unpaired) electrons. The Morgan fingerprint density at radius 1 is 1.56 bits per heavy atom. The van der Waals surface area contributed by atoms with Crippen molar-refractivity contribution in [2.24, 2.45) is 5.92 Å². The van der Waals surface area contributed by atoms with Gasteiger partial charge in [0.25, 0.3) is 5.91 Å². The maximum absolute atomic E-state index is 13.8. The third-order valence-electron chi connectivity index (χ3n) is 3.78. The van der Waals surface area contributed by atoms with Crippen molar-refractivity contribution in [3.05, 3.63) is 23.6 Å². The molecule has 0 saturated carbocycles. The van der Waals surface area contributed by atoms with Crippen molar-refractivity contribution in [1.82, 2.24) is 9.88 Å². The first-order valence-corrected chi connectivity index (χ1v) is 6.23. The van der Waals surface area contributed by atoms with Gasteiger partial charge in [0.2, 0.25) is 0 Å². The molecule has 2 rings (SSSR count). The van der Waals surface area contributed by atoms with Crippen LogP contribution in [0.3, 0.4) is 0 Å². The molecule has 1 saturated heterocycles. The van der Waals surface area contributed by atoms with E-state index in [1.54, 1.807) is 4.90 Å². The highest BCUT2D eigenvalue weighted by Gasteiger charge is 2.30. The van der Waals surface area contributed by atoms with Crippen molar-refractivity contribution in [3.8, 4) is 0 Å². The Kier molecular flexibility index (Phi) is 3.50. The standard InChI is InChI=1S/C13H18FN3O/c1-8-4-3-7-17(9(8)2)13(18)10-5-6-16-12(15)11(10)14/h5-6,8-9H,3-4,7H2,1-2H3,(H2,15,16). The minimum atomic E-state index is -0.715. The molecule has 1 aliphatic heterocycles. The second-order valence-corrected chi connectivity index (χ2v) is 4.92. The minimum Gasteiger partial charge on any atom is -0.381 e. The quantitative estimate of drug-likeness (QED) is 0.831. The first-order valence-electron chi connectivity index (χ1n) is 6.23. The number of likely N-dealkylation sites (tertiary alicyclic amines) is 1. The molecule has 18 heavy (non-hydrogen) atoms. The van der Waals surface area contributed by atoms with Gasteiger partial charge in [0.1, 0.15) is 0 Å². The number of aromatic nitrogens is 1. The van der Waals surface area contributed by atoms with Crippen LogP contribution in [0.4, 0.5) is 10.2 Å². The molecule has 0 aromatic carbocycles. The first-order chi connectivity index (χ1) is 8.52. The summed E-state index contributed by atoms with van der Waals surface area (Å²) in [4.78, 5) is 17.7. The lowest BCUT2D eigenvalue weighted by atomic mass is 9.91. The summed E-state index contributed by atoms with van der Waals surface area (Å²) in [6, 6.07) is 1.51. The summed E-state index contributed by atoms with van der Waals surface area (Å²) in [6.07, 6.45) is 3.43. The van der Waals surface area contributed by atoms with E-state index in [0.717, 1.165) is 12.8 Å². The van der Waals surface area contributed by atoms with E-state index in [0.29, 0.717) is 12.5 Å². The maximum atomic E-state index is 13.8. The Morgan fingerprint density at radius 2 is 2.28 bits per heavy atom. The number of piperidine rings is 1. The number of nitrogen functional groups attached to an aromatic ring is 1. The van der Waals surface area contributed by atoms with Crippen LogP contribution in [0.2, 0.25) is 0 Å². The molecule has 1 aliphatic rings. The molecule has 2 N–H and O–H groups in total. The molecular weight excluding hydrogens is 233 g/mol. The van der Waals surface area contributed by atoms with Gasteiger partial charge in [-0.3, -0.25) is 4.79 Å². The van der Waals surface area contributed by atoms with Gasteiger partial charge in [-0.15, -0.1) is 0 Å². The predicted octanol–water partition coefficient (Wildman–Crippen LogP) is 2.06. The zero-order valence-electron chi connectivity index (χ0n) is 10.7. The summed E-state index contributed by atoms with van der Waals surface area (Å²) in [5.41, 5.74) is 5.41. The third kappa shape index (κ3) is 2.17. The molecule has 0 aliphatic carbocycles. The number of hydrogen-bond donors (Lipinski definition) is 1. The SMILES string of the molecule is CC1CCCN(C(=O)c2ccnc(N)c2F)C1C. The number of hydrogen-bond acceptors (Lipinski definition) is 3. The molecule has 98 valence electrons. The number of carbonyl (C=O) groups excluding carboxylic acids is 1. The highest BCUT2D eigenvalue weighted by atomic mass is 19.1. The van der Waals surface area contributed by atoms with E-state index in [4.69, 9.17) is 5.73 Å². The Balaban J connectivity index is 2.28. The number of nitrogens with two attached hydrogens (primary N) is 1. The molecule has 1 aromatic rings. The number of amides is 1. The van der Waals surface area contributed by atoms with E-state index in [-0.39, 0.29) is 23.3 Å². The van der Waals surface area contributed by atoms with Gasteiger partial charge in [-0.05, 0) is 31.7 Å². The van der Waals surface area contributed by atoms with Crippen LogP contribution in [0.1, 0.15) is 37.0 Å². The van der Waals surface area contributed by atoms with E-state index in [1.807, 2.05) is 6.92 Å². The average molecular weight is 251 g/mol. The third-order valence-corrected chi connectivity index (χ3v) is 3.78. The molecule has 2 heterocycles. The molecule has 1 aromatic heterocycles. The number of nitrogens with zero attached hydrogens (tertiary/aromatic N) is 2. The predicted molar refractivity (Wildman–Crippen MR) is 67.5 cm³/mol. The van der Waals surface area contributed by atoms with Crippen LogP contribution >= 0.6 is 0 Å². The molecular formula is C13H18FN3O. The number of carbonyl (C=O) groups is 1.